The minimum atomic E-state index is -4.04. The first kappa shape index (κ1) is 35.3. The van der Waals surface area contributed by atoms with Crippen LogP contribution in [-0.2, 0) is 23.1 Å². The number of rotatable bonds is 25. The third-order valence-electron chi connectivity index (χ3n) is 7.70. The van der Waals surface area contributed by atoms with Gasteiger partial charge in [-0.3, -0.25) is 9.05 Å². The van der Waals surface area contributed by atoms with Gasteiger partial charge in [-0.05, 0) is 6.42 Å². The first-order valence-corrected chi connectivity index (χ1v) is 17.0. The molecule has 0 spiro atoms. The molecule has 0 aromatic heterocycles. The number of phosphoric ester groups is 1. The van der Waals surface area contributed by atoms with Crippen molar-refractivity contribution in [2.24, 2.45) is 0 Å². The average Bonchev–Trinajstić information content (AvgIpc) is 2.89. The Bertz CT molecular complexity index is 686. The quantitative estimate of drug-likeness (QED) is 0.0526. The number of quaternary nitrogens is 1. The van der Waals surface area contributed by atoms with E-state index in [1.165, 1.54) is 103 Å². The summed E-state index contributed by atoms with van der Waals surface area (Å²) >= 11 is 0. The SMILES string of the molecule is CCCCCCCCCCCCCCCCCCCCOP(=O)(O)OCC[N+]1(C)CCC=C(C(=O)OC)C1. The van der Waals surface area contributed by atoms with Gasteiger partial charge >= 0.3 is 13.8 Å². The van der Waals surface area contributed by atoms with Crippen molar-refractivity contribution < 1.29 is 32.5 Å². The molecular formula is C30H59NO6P+. The van der Waals surface area contributed by atoms with Gasteiger partial charge in [0.05, 0.1) is 32.9 Å². The molecule has 0 aromatic carbocycles. The summed E-state index contributed by atoms with van der Waals surface area (Å²) in [5.74, 6) is -0.310. The molecule has 0 saturated carbocycles. The molecule has 8 heteroatoms. The van der Waals surface area contributed by atoms with Crippen LogP contribution in [0.1, 0.15) is 129 Å². The lowest BCUT2D eigenvalue weighted by atomic mass is 10.0. The van der Waals surface area contributed by atoms with Gasteiger partial charge in [0, 0.05) is 6.42 Å². The molecule has 0 bridgehead atoms. The van der Waals surface area contributed by atoms with E-state index in [4.69, 9.17) is 13.8 Å². The molecule has 1 aliphatic heterocycles. The molecule has 1 heterocycles. The molecule has 0 aliphatic carbocycles. The maximum Gasteiger partial charge on any atom is 0.472 e. The van der Waals surface area contributed by atoms with Gasteiger partial charge < -0.3 is 14.1 Å². The topological polar surface area (TPSA) is 82.1 Å². The molecule has 1 aliphatic rings. The van der Waals surface area contributed by atoms with Crippen molar-refractivity contribution >= 4 is 13.8 Å². The van der Waals surface area contributed by atoms with Gasteiger partial charge in [-0.1, -0.05) is 122 Å². The Morgan fingerprint density at radius 1 is 0.816 bits per heavy atom. The van der Waals surface area contributed by atoms with Crippen LogP contribution >= 0.6 is 7.82 Å². The van der Waals surface area contributed by atoms with Gasteiger partial charge in [0.15, 0.2) is 0 Å². The molecule has 7 nitrogen and oxygen atoms in total. The van der Waals surface area contributed by atoms with E-state index in [1.54, 1.807) is 0 Å². The number of hydrogen-bond donors (Lipinski definition) is 1. The van der Waals surface area contributed by atoms with E-state index in [9.17, 15) is 14.3 Å². The largest absolute Gasteiger partial charge is 0.472 e. The lowest BCUT2D eigenvalue weighted by Crippen LogP contribution is -2.50. The molecule has 2 atom stereocenters. The van der Waals surface area contributed by atoms with Crippen LogP contribution in [0.5, 0.6) is 0 Å². The number of hydrogen-bond acceptors (Lipinski definition) is 5. The van der Waals surface area contributed by atoms with E-state index in [0.29, 0.717) is 23.1 Å². The smallest absolute Gasteiger partial charge is 0.465 e. The molecule has 0 radical (unpaired) electrons. The number of ether oxygens (including phenoxy) is 1. The molecule has 0 fully saturated rings. The second-order valence-electron chi connectivity index (χ2n) is 11.4. The van der Waals surface area contributed by atoms with Crippen molar-refractivity contribution in [2.75, 3.05) is 47.0 Å². The highest BCUT2D eigenvalue weighted by atomic mass is 31.2. The van der Waals surface area contributed by atoms with E-state index < -0.39 is 7.82 Å². The maximum absolute atomic E-state index is 12.2. The average molecular weight is 561 g/mol. The van der Waals surface area contributed by atoms with Gasteiger partial charge in [-0.25, -0.2) is 9.36 Å². The minimum absolute atomic E-state index is 0.109. The molecule has 0 saturated heterocycles. The second kappa shape index (κ2) is 22.0. The number of carbonyl (C=O) groups excluding carboxylic acids is 1. The molecule has 0 aromatic rings. The summed E-state index contributed by atoms with van der Waals surface area (Å²) in [6.45, 7) is 4.54. The fourth-order valence-electron chi connectivity index (χ4n) is 5.17. The van der Waals surface area contributed by atoms with Crippen molar-refractivity contribution in [3.63, 3.8) is 0 Å². The lowest BCUT2D eigenvalue weighted by Gasteiger charge is -2.37. The second-order valence-corrected chi connectivity index (χ2v) is 12.8. The summed E-state index contributed by atoms with van der Waals surface area (Å²) in [7, 11) is -0.645. The van der Waals surface area contributed by atoms with Gasteiger partial charge in [0.25, 0.3) is 0 Å². The van der Waals surface area contributed by atoms with E-state index >= 15 is 0 Å². The van der Waals surface area contributed by atoms with Crippen LogP contribution in [0.2, 0.25) is 0 Å². The number of carbonyl (C=O) groups is 1. The summed E-state index contributed by atoms with van der Waals surface area (Å²) in [6.07, 6.45) is 26.2. The van der Waals surface area contributed by atoms with Crippen molar-refractivity contribution in [3.05, 3.63) is 11.6 Å². The Morgan fingerprint density at radius 3 is 1.74 bits per heavy atom. The van der Waals surface area contributed by atoms with E-state index in [-0.39, 0.29) is 19.2 Å². The highest BCUT2D eigenvalue weighted by molar-refractivity contribution is 7.47. The fraction of sp³-hybridized carbons (Fsp3) is 0.900. The van der Waals surface area contributed by atoms with Crippen molar-refractivity contribution in [1.29, 1.82) is 0 Å². The Kier molecular flexibility index (Phi) is 20.5. The summed E-state index contributed by atoms with van der Waals surface area (Å²) in [5.41, 5.74) is 0.652. The molecule has 38 heavy (non-hydrogen) atoms. The van der Waals surface area contributed by atoms with E-state index in [0.717, 1.165) is 32.2 Å². The summed E-state index contributed by atoms with van der Waals surface area (Å²) in [4.78, 5) is 21.8. The predicted octanol–water partition coefficient (Wildman–Crippen LogP) is 8.11. The Balaban J connectivity index is 1.91. The zero-order valence-electron chi connectivity index (χ0n) is 24.9. The minimum Gasteiger partial charge on any atom is -0.465 e. The molecule has 0 amide bonds. The predicted molar refractivity (Wildman–Crippen MR) is 156 cm³/mol. The highest BCUT2D eigenvalue weighted by Crippen LogP contribution is 2.43. The van der Waals surface area contributed by atoms with Gasteiger partial charge in [0.2, 0.25) is 0 Å². The number of likely N-dealkylation sites (N-methyl/N-ethyl adjacent to an activating group) is 1. The van der Waals surface area contributed by atoms with Crippen LogP contribution in [-0.4, -0.2) is 62.4 Å². The third kappa shape index (κ3) is 18.5. The monoisotopic (exact) mass is 560 g/mol. The van der Waals surface area contributed by atoms with Gasteiger partial charge in [0.1, 0.15) is 19.7 Å². The van der Waals surface area contributed by atoms with Crippen LogP contribution in [0.4, 0.5) is 0 Å². The van der Waals surface area contributed by atoms with Crippen LogP contribution in [0.15, 0.2) is 11.6 Å². The first-order valence-electron chi connectivity index (χ1n) is 15.5. The Morgan fingerprint density at radius 2 is 1.26 bits per heavy atom. The zero-order chi connectivity index (χ0) is 28.0. The van der Waals surface area contributed by atoms with Gasteiger partial charge in [-0.15, -0.1) is 0 Å². The zero-order valence-corrected chi connectivity index (χ0v) is 25.8. The summed E-state index contributed by atoms with van der Waals surface area (Å²) in [6, 6.07) is 0. The molecule has 1 rings (SSSR count). The van der Waals surface area contributed by atoms with Crippen LogP contribution in [0.25, 0.3) is 0 Å². The lowest BCUT2D eigenvalue weighted by molar-refractivity contribution is -0.906. The highest BCUT2D eigenvalue weighted by Gasteiger charge is 2.31. The van der Waals surface area contributed by atoms with Crippen LogP contribution in [0.3, 0.4) is 0 Å². The molecular weight excluding hydrogens is 501 g/mol. The van der Waals surface area contributed by atoms with Crippen molar-refractivity contribution in [3.8, 4) is 0 Å². The first-order chi connectivity index (χ1) is 18.3. The van der Waals surface area contributed by atoms with Gasteiger partial charge in [-0.2, -0.15) is 0 Å². The fourth-order valence-corrected chi connectivity index (χ4v) is 5.92. The summed E-state index contributed by atoms with van der Waals surface area (Å²) in [5, 5.41) is 0. The van der Waals surface area contributed by atoms with E-state index in [2.05, 4.69) is 6.92 Å². The van der Waals surface area contributed by atoms with Crippen LogP contribution in [0, 0.1) is 0 Å². The standard InChI is InChI=1S/C30H58NO6P/c1-4-5-6-7-8-9-10-11-12-13-14-15-16-17-18-19-20-21-26-36-38(33,34)37-27-25-31(2)24-22-23-29(28-31)30(32)35-3/h23H,4-22,24-28H2,1-3H3/p+1. The summed E-state index contributed by atoms with van der Waals surface area (Å²) < 4.78 is 27.9. The molecule has 1 N–H and O–H groups in total. The normalized spacial score (nSPS) is 19.2. The van der Waals surface area contributed by atoms with Crippen molar-refractivity contribution in [2.45, 2.75) is 129 Å². The number of unbranched alkanes of at least 4 members (excludes halogenated alkanes) is 17. The number of phosphoric acid groups is 1. The van der Waals surface area contributed by atoms with Crippen LogP contribution < -0.4 is 0 Å². The maximum atomic E-state index is 12.2. The number of methoxy groups -OCH3 is 1. The third-order valence-corrected chi connectivity index (χ3v) is 8.71. The molecule has 2 unspecified atom stereocenters. The van der Waals surface area contributed by atoms with E-state index in [1.807, 2.05) is 13.1 Å². The number of nitrogens with zero attached hydrogens (tertiary/aromatic N) is 1. The Labute approximate surface area is 233 Å². The Hall–Kier alpha value is -0.720. The van der Waals surface area contributed by atoms with Crippen molar-refractivity contribution in [1.82, 2.24) is 0 Å². The molecule has 224 valence electrons. The number of esters is 1.